The average Bonchev–Trinajstić information content (AvgIpc) is 2.39. The third-order valence-electron chi connectivity index (χ3n) is 3.67. The SMILES string of the molecule is C=C(c1ccccc1F)C(O)C1CCCCC1. The third kappa shape index (κ3) is 2.75. The lowest BCUT2D eigenvalue weighted by Crippen LogP contribution is -2.24. The molecule has 17 heavy (non-hydrogen) atoms. The minimum atomic E-state index is -0.604. The van der Waals surface area contributed by atoms with Crippen LogP contribution in [-0.2, 0) is 0 Å². The van der Waals surface area contributed by atoms with Crippen molar-refractivity contribution in [3.63, 3.8) is 0 Å². The smallest absolute Gasteiger partial charge is 0.130 e. The Kier molecular flexibility index (Phi) is 3.95. The Bertz CT molecular complexity index is 394. The summed E-state index contributed by atoms with van der Waals surface area (Å²) in [6.45, 7) is 3.87. The van der Waals surface area contributed by atoms with Crippen LogP contribution in [0.5, 0.6) is 0 Å². The summed E-state index contributed by atoms with van der Waals surface area (Å²) in [4.78, 5) is 0. The van der Waals surface area contributed by atoms with Crippen LogP contribution in [0.15, 0.2) is 30.8 Å². The topological polar surface area (TPSA) is 20.2 Å². The highest BCUT2D eigenvalue weighted by molar-refractivity contribution is 5.67. The van der Waals surface area contributed by atoms with Crippen LogP contribution in [0.1, 0.15) is 37.7 Å². The second kappa shape index (κ2) is 5.46. The normalized spacial score (nSPS) is 18.9. The van der Waals surface area contributed by atoms with E-state index in [1.807, 2.05) is 0 Å². The minimum Gasteiger partial charge on any atom is -0.388 e. The fourth-order valence-corrected chi connectivity index (χ4v) is 2.62. The number of benzene rings is 1. The van der Waals surface area contributed by atoms with Crippen molar-refractivity contribution in [3.05, 3.63) is 42.2 Å². The zero-order valence-electron chi connectivity index (χ0n) is 10.0. The van der Waals surface area contributed by atoms with Crippen molar-refractivity contribution in [2.45, 2.75) is 38.2 Å². The predicted octanol–water partition coefficient (Wildman–Crippen LogP) is 3.78. The molecule has 1 unspecified atom stereocenters. The molecule has 1 nitrogen and oxygen atoms in total. The van der Waals surface area contributed by atoms with Gasteiger partial charge in [0.25, 0.3) is 0 Å². The van der Waals surface area contributed by atoms with Crippen molar-refractivity contribution in [2.24, 2.45) is 5.92 Å². The number of hydrogen-bond donors (Lipinski definition) is 1. The first-order valence-corrected chi connectivity index (χ1v) is 6.32. The minimum absolute atomic E-state index is 0.246. The van der Waals surface area contributed by atoms with Gasteiger partial charge in [-0.1, -0.05) is 44.0 Å². The van der Waals surface area contributed by atoms with Crippen LogP contribution in [0.4, 0.5) is 4.39 Å². The van der Waals surface area contributed by atoms with Crippen LogP contribution in [0.3, 0.4) is 0 Å². The van der Waals surface area contributed by atoms with E-state index in [1.165, 1.54) is 12.5 Å². The van der Waals surface area contributed by atoms with Crippen molar-refractivity contribution >= 4 is 5.57 Å². The molecule has 0 heterocycles. The van der Waals surface area contributed by atoms with Crippen LogP contribution in [0.2, 0.25) is 0 Å². The summed E-state index contributed by atoms with van der Waals surface area (Å²) in [6.07, 6.45) is 5.00. The summed E-state index contributed by atoms with van der Waals surface area (Å²) in [5, 5.41) is 10.3. The maximum Gasteiger partial charge on any atom is 0.130 e. The molecule has 1 aliphatic carbocycles. The first kappa shape index (κ1) is 12.3. The highest BCUT2D eigenvalue weighted by atomic mass is 19.1. The van der Waals surface area contributed by atoms with E-state index in [0.717, 1.165) is 25.7 Å². The molecule has 1 atom stereocenters. The van der Waals surface area contributed by atoms with Crippen molar-refractivity contribution in [3.8, 4) is 0 Å². The number of aliphatic hydroxyl groups excluding tert-OH is 1. The summed E-state index contributed by atoms with van der Waals surface area (Å²) in [7, 11) is 0. The molecule has 1 aliphatic rings. The van der Waals surface area contributed by atoms with Crippen molar-refractivity contribution in [1.29, 1.82) is 0 Å². The quantitative estimate of drug-likeness (QED) is 0.843. The Balaban J connectivity index is 2.11. The molecule has 0 radical (unpaired) electrons. The van der Waals surface area contributed by atoms with E-state index in [2.05, 4.69) is 6.58 Å². The van der Waals surface area contributed by atoms with E-state index in [4.69, 9.17) is 0 Å². The standard InChI is InChI=1S/C15H19FO/c1-11(13-9-5-6-10-14(13)16)15(17)12-7-3-2-4-8-12/h5-6,9-10,12,15,17H,1-4,7-8H2. The summed E-state index contributed by atoms with van der Waals surface area (Å²) in [5.41, 5.74) is 0.973. The lowest BCUT2D eigenvalue weighted by molar-refractivity contribution is 0.133. The lowest BCUT2D eigenvalue weighted by Gasteiger charge is -2.28. The molecule has 0 saturated heterocycles. The van der Waals surface area contributed by atoms with E-state index in [1.54, 1.807) is 18.2 Å². The van der Waals surface area contributed by atoms with Gasteiger partial charge in [-0.2, -0.15) is 0 Å². The fraction of sp³-hybridized carbons (Fsp3) is 0.467. The zero-order valence-corrected chi connectivity index (χ0v) is 10.0. The second-order valence-electron chi connectivity index (χ2n) is 4.85. The molecule has 1 saturated carbocycles. The number of halogens is 1. The first-order valence-electron chi connectivity index (χ1n) is 6.32. The number of rotatable bonds is 3. The maximum atomic E-state index is 13.6. The van der Waals surface area contributed by atoms with Gasteiger partial charge in [0.15, 0.2) is 0 Å². The summed E-state index contributed by atoms with van der Waals surface area (Å²) in [5.74, 6) is -0.0526. The van der Waals surface area contributed by atoms with Crippen LogP contribution in [-0.4, -0.2) is 11.2 Å². The number of hydrogen-bond acceptors (Lipinski definition) is 1. The van der Waals surface area contributed by atoms with Crippen LogP contribution >= 0.6 is 0 Å². The van der Waals surface area contributed by atoms with E-state index < -0.39 is 6.10 Å². The van der Waals surface area contributed by atoms with Crippen LogP contribution in [0, 0.1) is 11.7 Å². The molecule has 2 rings (SSSR count). The average molecular weight is 234 g/mol. The van der Waals surface area contributed by atoms with Gasteiger partial charge in [0.05, 0.1) is 6.10 Å². The van der Waals surface area contributed by atoms with Gasteiger partial charge in [-0.3, -0.25) is 0 Å². The molecule has 0 aliphatic heterocycles. The van der Waals surface area contributed by atoms with E-state index in [0.29, 0.717) is 11.1 Å². The Morgan fingerprint density at radius 1 is 1.24 bits per heavy atom. The van der Waals surface area contributed by atoms with Crippen LogP contribution < -0.4 is 0 Å². The zero-order chi connectivity index (χ0) is 12.3. The fourth-order valence-electron chi connectivity index (χ4n) is 2.62. The molecule has 1 N–H and O–H groups in total. The first-order chi connectivity index (χ1) is 8.20. The molecule has 92 valence electrons. The van der Waals surface area contributed by atoms with Gasteiger partial charge in [-0.25, -0.2) is 4.39 Å². The maximum absolute atomic E-state index is 13.6. The van der Waals surface area contributed by atoms with E-state index in [9.17, 15) is 9.50 Å². The Hall–Kier alpha value is -1.15. The van der Waals surface area contributed by atoms with Gasteiger partial charge in [-0.05, 0) is 30.4 Å². The molecule has 0 aromatic heterocycles. The summed E-state index contributed by atoms with van der Waals surface area (Å²) >= 11 is 0. The van der Waals surface area contributed by atoms with Gasteiger partial charge < -0.3 is 5.11 Å². The highest BCUT2D eigenvalue weighted by Gasteiger charge is 2.25. The van der Waals surface area contributed by atoms with Gasteiger partial charge in [-0.15, -0.1) is 0 Å². The molecule has 1 aromatic rings. The van der Waals surface area contributed by atoms with Gasteiger partial charge >= 0.3 is 0 Å². The number of aliphatic hydroxyl groups is 1. The Labute approximate surface area is 102 Å². The van der Waals surface area contributed by atoms with Gasteiger partial charge in [0.2, 0.25) is 0 Å². The molecular formula is C15H19FO. The highest BCUT2D eigenvalue weighted by Crippen LogP contribution is 2.32. The van der Waals surface area contributed by atoms with Crippen LogP contribution in [0.25, 0.3) is 5.57 Å². The monoisotopic (exact) mass is 234 g/mol. The second-order valence-corrected chi connectivity index (χ2v) is 4.85. The van der Waals surface area contributed by atoms with E-state index in [-0.39, 0.29) is 11.7 Å². The molecule has 0 amide bonds. The molecule has 0 spiro atoms. The largest absolute Gasteiger partial charge is 0.388 e. The Morgan fingerprint density at radius 2 is 1.88 bits per heavy atom. The van der Waals surface area contributed by atoms with Gasteiger partial charge in [0.1, 0.15) is 5.82 Å². The summed E-state index contributed by atoms with van der Waals surface area (Å²) < 4.78 is 13.6. The van der Waals surface area contributed by atoms with Gasteiger partial charge in [0, 0.05) is 5.56 Å². The van der Waals surface area contributed by atoms with Crippen molar-refractivity contribution in [2.75, 3.05) is 0 Å². The molecule has 0 bridgehead atoms. The predicted molar refractivity (Wildman–Crippen MR) is 68.0 cm³/mol. The molecule has 1 fully saturated rings. The lowest BCUT2D eigenvalue weighted by atomic mass is 9.81. The molecule has 1 aromatic carbocycles. The van der Waals surface area contributed by atoms with E-state index >= 15 is 0 Å². The van der Waals surface area contributed by atoms with Crippen molar-refractivity contribution < 1.29 is 9.50 Å². The van der Waals surface area contributed by atoms with Crippen molar-refractivity contribution in [1.82, 2.24) is 0 Å². The third-order valence-corrected chi connectivity index (χ3v) is 3.67. The summed E-state index contributed by atoms with van der Waals surface area (Å²) in [6, 6.07) is 6.52. The Morgan fingerprint density at radius 3 is 2.53 bits per heavy atom. The molecule has 2 heteroatoms. The molecular weight excluding hydrogens is 215 g/mol.